The van der Waals surface area contributed by atoms with E-state index in [0.717, 1.165) is 18.2 Å². The summed E-state index contributed by atoms with van der Waals surface area (Å²) in [5.74, 6) is -3.39. The number of hydrogen-bond donors (Lipinski definition) is 2. The summed E-state index contributed by atoms with van der Waals surface area (Å²) < 4.78 is 40.0. The Morgan fingerprint density at radius 2 is 1.65 bits per heavy atom. The number of carbonyl (C=O) groups is 1. The highest BCUT2D eigenvalue weighted by Crippen LogP contribution is 2.42. The minimum absolute atomic E-state index is 0.000609. The molecule has 1 aliphatic heterocycles. The molecule has 3 nitrogen and oxygen atoms in total. The molecule has 2 N–H and O–H groups in total. The van der Waals surface area contributed by atoms with E-state index in [1.165, 1.54) is 12.1 Å². The summed E-state index contributed by atoms with van der Waals surface area (Å²) in [6, 6.07) is 5.92. The summed E-state index contributed by atoms with van der Waals surface area (Å²) in [7, 11) is 0. The first-order valence-electron chi connectivity index (χ1n) is 5.72. The van der Waals surface area contributed by atoms with Gasteiger partial charge in [0, 0.05) is 6.07 Å². The Kier molecular flexibility index (Phi) is 2.58. The topological polar surface area (TPSA) is 49.3 Å². The molecule has 0 saturated heterocycles. The van der Waals surface area contributed by atoms with E-state index < -0.39 is 29.0 Å². The van der Waals surface area contributed by atoms with Gasteiger partial charge in [0.25, 0.3) is 5.91 Å². The molecule has 0 radical (unpaired) electrons. The van der Waals surface area contributed by atoms with Crippen molar-refractivity contribution in [3.8, 4) is 0 Å². The second-order valence-electron chi connectivity index (χ2n) is 4.48. The van der Waals surface area contributed by atoms with Crippen molar-refractivity contribution in [3.05, 3.63) is 65.0 Å². The van der Waals surface area contributed by atoms with Crippen LogP contribution >= 0.6 is 0 Å². The monoisotopic (exact) mass is 279 g/mol. The van der Waals surface area contributed by atoms with Crippen molar-refractivity contribution in [2.45, 2.75) is 5.60 Å². The molecule has 1 amide bonds. The predicted molar refractivity (Wildman–Crippen MR) is 64.4 cm³/mol. The summed E-state index contributed by atoms with van der Waals surface area (Å²) >= 11 is 0. The molecule has 1 unspecified atom stereocenters. The summed E-state index contributed by atoms with van der Waals surface area (Å²) in [6.45, 7) is 0. The van der Waals surface area contributed by atoms with Gasteiger partial charge in [0.15, 0.2) is 5.60 Å². The van der Waals surface area contributed by atoms with Crippen LogP contribution in [0.3, 0.4) is 0 Å². The number of halogens is 3. The molecule has 1 atom stereocenters. The van der Waals surface area contributed by atoms with Crippen LogP contribution in [0.1, 0.15) is 11.1 Å². The Morgan fingerprint density at radius 1 is 1.00 bits per heavy atom. The van der Waals surface area contributed by atoms with E-state index in [-0.39, 0.29) is 16.8 Å². The standard InChI is InChI=1S/C14H8F3NO2/c15-8-3-1-7(2-4-8)14(20)12-10(17)5-9(16)6-11(12)18-13(14)19/h1-6,20H,(H,18,19). The maximum atomic E-state index is 13.9. The van der Waals surface area contributed by atoms with Crippen molar-refractivity contribution < 1.29 is 23.1 Å². The highest BCUT2D eigenvalue weighted by Gasteiger charge is 2.49. The molecule has 0 aromatic heterocycles. The molecule has 0 aliphatic carbocycles. The zero-order valence-corrected chi connectivity index (χ0v) is 9.95. The molecule has 3 rings (SSSR count). The average Bonchev–Trinajstić information content (AvgIpc) is 2.62. The molecule has 2 aromatic rings. The number of amides is 1. The lowest BCUT2D eigenvalue weighted by Crippen LogP contribution is -2.36. The molecule has 0 saturated carbocycles. The Morgan fingerprint density at radius 3 is 2.30 bits per heavy atom. The summed E-state index contributed by atoms with van der Waals surface area (Å²) in [5.41, 5.74) is -2.81. The summed E-state index contributed by atoms with van der Waals surface area (Å²) in [5, 5.41) is 12.8. The van der Waals surface area contributed by atoms with Crippen molar-refractivity contribution in [1.82, 2.24) is 0 Å². The molecule has 1 aliphatic rings. The highest BCUT2D eigenvalue weighted by molar-refractivity contribution is 6.07. The zero-order chi connectivity index (χ0) is 14.5. The molecular weight excluding hydrogens is 271 g/mol. The molecule has 20 heavy (non-hydrogen) atoms. The van der Waals surface area contributed by atoms with Gasteiger partial charge < -0.3 is 10.4 Å². The van der Waals surface area contributed by atoms with Gasteiger partial charge in [-0.3, -0.25) is 4.79 Å². The smallest absolute Gasteiger partial charge is 0.265 e. The molecule has 1 heterocycles. The largest absolute Gasteiger partial charge is 0.372 e. The number of fused-ring (bicyclic) bond motifs is 1. The lowest BCUT2D eigenvalue weighted by Gasteiger charge is -2.21. The van der Waals surface area contributed by atoms with E-state index >= 15 is 0 Å². The average molecular weight is 279 g/mol. The van der Waals surface area contributed by atoms with Crippen molar-refractivity contribution >= 4 is 11.6 Å². The first-order chi connectivity index (χ1) is 9.42. The quantitative estimate of drug-likeness (QED) is 0.841. The van der Waals surface area contributed by atoms with Crippen LogP contribution in [0, 0.1) is 17.5 Å². The SMILES string of the molecule is O=C1Nc2cc(F)cc(F)c2C1(O)c1ccc(F)cc1. The number of benzene rings is 2. The highest BCUT2D eigenvalue weighted by atomic mass is 19.1. The molecule has 0 spiro atoms. The normalized spacial score (nSPS) is 20.7. The van der Waals surface area contributed by atoms with Crippen molar-refractivity contribution in [2.24, 2.45) is 0 Å². The Bertz CT molecular complexity index is 715. The van der Waals surface area contributed by atoms with Crippen LogP contribution < -0.4 is 5.32 Å². The van der Waals surface area contributed by atoms with Crippen LogP contribution in [0.4, 0.5) is 18.9 Å². The molecule has 6 heteroatoms. The van der Waals surface area contributed by atoms with Crippen molar-refractivity contribution in [3.63, 3.8) is 0 Å². The minimum atomic E-state index is -2.30. The van der Waals surface area contributed by atoms with Crippen LogP contribution in [-0.2, 0) is 10.4 Å². The van der Waals surface area contributed by atoms with Crippen molar-refractivity contribution in [2.75, 3.05) is 5.32 Å². The number of carbonyl (C=O) groups excluding carboxylic acids is 1. The second kappa shape index (κ2) is 4.08. The number of nitrogens with one attached hydrogen (secondary N) is 1. The lowest BCUT2D eigenvalue weighted by atomic mass is 9.87. The van der Waals surface area contributed by atoms with Crippen LogP contribution in [-0.4, -0.2) is 11.0 Å². The number of hydrogen-bond acceptors (Lipinski definition) is 2. The van der Waals surface area contributed by atoms with E-state index in [2.05, 4.69) is 5.32 Å². The number of rotatable bonds is 1. The molecular formula is C14H8F3NO2. The van der Waals surface area contributed by atoms with E-state index in [0.29, 0.717) is 6.07 Å². The van der Waals surface area contributed by atoms with Crippen LogP contribution in [0.5, 0.6) is 0 Å². The minimum Gasteiger partial charge on any atom is -0.372 e. The van der Waals surface area contributed by atoms with Crippen LogP contribution in [0.2, 0.25) is 0 Å². The summed E-state index contributed by atoms with van der Waals surface area (Å²) in [4.78, 5) is 12.0. The zero-order valence-electron chi connectivity index (χ0n) is 9.95. The Balaban J connectivity index is 2.25. The van der Waals surface area contributed by atoms with Crippen LogP contribution in [0.15, 0.2) is 36.4 Å². The summed E-state index contributed by atoms with van der Waals surface area (Å²) in [6.07, 6.45) is 0. The molecule has 0 bridgehead atoms. The third-order valence-corrected chi connectivity index (χ3v) is 3.26. The van der Waals surface area contributed by atoms with Gasteiger partial charge in [-0.2, -0.15) is 0 Å². The van der Waals surface area contributed by atoms with Crippen molar-refractivity contribution in [1.29, 1.82) is 0 Å². The van der Waals surface area contributed by atoms with Gasteiger partial charge in [0.05, 0.1) is 11.3 Å². The van der Waals surface area contributed by atoms with Crippen LogP contribution in [0.25, 0.3) is 0 Å². The lowest BCUT2D eigenvalue weighted by molar-refractivity contribution is -0.129. The Hall–Kier alpha value is -2.34. The van der Waals surface area contributed by atoms with Gasteiger partial charge in [0.2, 0.25) is 0 Å². The van der Waals surface area contributed by atoms with Gasteiger partial charge in [-0.25, -0.2) is 13.2 Å². The van der Waals surface area contributed by atoms with E-state index in [9.17, 15) is 23.1 Å². The first-order valence-corrected chi connectivity index (χ1v) is 5.72. The molecule has 2 aromatic carbocycles. The predicted octanol–water partition coefficient (Wildman–Crippen LogP) is 2.29. The third kappa shape index (κ3) is 1.61. The third-order valence-electron chi connectivity index (χ3n) is 3.26. The van der Waals surface area contributed by atoms with E-state index in [1.807, 2.05) is 0 Å². The fourth-order valence-corrected chi connectivity index (χ4v) is 2.33. The number of aliphatic hydroxyl groups is 1. The fourth-order valence-electron chi connectivity index (χ4n) is 2.33. The molecule has 102 valence electrons. The maximum Gasteiger partial charge on any atom is 0.265 e. The van der Waals surface area contributed by atoms with Gasteiger partial charge in [-0.15, -0.1) is 0 Å². The van der Waals surface area contributed by atoms with Gasteiger partial charge in [0.1, 0.15) is 17.5 Å². The van der Waals surface area contributed by atoms with Gasteiger partial charge in [-0.1, -0.05) is 12.1 Å². The number of anilines is 1. The van der Waals surface area contributed by atoms with Gasteiger partial charge >= 0.3 is 0 Å². The van der Waals surface area contributed by atoms with E-state index in [4.69, 9.17) is 0 Å². The van der Waals surface area contributed by atoms with E-state index in [1.54, 1.807) is 0 Å². The Labute approximate surface area is 111 Å². The second-order valence-corrected chi connectivity index (χ2v) is 4.48. The first kappa shape index (κ1) is 12.7. The fraction of sp³-hybridized carbons (Fsp3) is 0.0714. The maximum absolute atomic E-state index is 13.9. The van der Waals surface area contributed by atoms with Gasteiger partial charge in [-0.05, 0) is 23.8 Å². The molecule has 0 fully saturated rings.